The first-order chi connectivity index (χ1) is 6.32. The minimum atomic E-state index is -3.84. The van der Waals surface area contributed by atoms with Crippen molar-refractivity contribution in [3.8, 4) is 0 Å². The van der Waals surface area contributed by atoms with Crippen LogP contribution in [0.2, 0.25) is 0 Å². The van der Waals surface area contributed by atoms with Gasteiger partial charge in [-0.2, -0.15) is 12.7 Å². The molecule has 1 aliphatic carbocycles. The first-order valence-electron chi connectivity index (χ1n) is 4.10. The summed E-state index contributed by atoms with van der Waals surface area (Å²) in [6, 6.07) is -1.40. The van der Waals surface area contributed by atoms with Crippen molar-refractivity contribution < 1.29 is 18.3 Å². The average molecular weight is 223 g/mol. The van der Waals surface area contributed by atoms with Gasteiger partial charge in [0.2, 0.25) is 0 Å². The van der Waals surface area contributed by atoms with Gasteiger partial charge in [-0.25, -0.2) is 5.14 Å². The molecule has 0 saturated heterocycles. The van der Waals surface area contributed by atoms with Crippen molar-refractivity contribution in [3.63, 3.8) is 0 Å². The van der Waals surface area contributed by atoms with Crippen LogP contribution in [0.3, 0.4) is 0 Å². The number of carboxylic acid groups (broad SMARTS) is 1. The highest BCUT2D eigenvalue weighted by Crippen LogP contribution is 2.28. The summed E-state index contributed by atoms with van der Waals surface area (Å²) in [6.45, 7) is -0.265. The van der Waals surface area contributed by atoms with E-state index in [1.807, 2.05) is 0 Å². The number of nitrogens with zero attached hydrogens (tertiary/aromatic N) is 1. The summed E-state index contributed by atoms with van der Waals surface area (Å²) in [5, 5.41) is 13.4. The summed E-state index contributed by atoms with van der Waals surface area (Å²) in [5.41, 5.74) is 5.22. The molecule has 0 unspecified atom stereocenters. The van der Waals surface area contributed by atoms with Gasteiger partial charge in [-0.1, -0.05) is 0 Å². The molecular formula is C6H13N3O4S. The molecule has 0 spiro atoms. The Hall–Kier alpha value is -0.700. The molecule has 0 aliphatic heterocycles. The maximum absolute atomic E-state index is 11.0. The Kier molecular flexibility index (Phi) is 3.10. The van der Waals surface area contributed by atoms with E-state index < -0.39 is 22.2 Å². The topological polar surface area (TPSA) is 127 Å². The van der Waals surface area contributed by atoms with Gasteiger partial charge in [0, 0.05) is 12.6 Å². The van der Waals surface area contributed by atoms with Crippen LogP contribution in [-0.2, 0) is 15.0 Å². The van der Waals surface area contributed by atoms with Crippen LogP contribution in [0.5, 0.6) is 0 Å². The Morgan fingerprint density at radius 2 is 2.07 bits per heavy atom. The lowest BCUT2D eigenvalue weighted by Gasteiger charge is -2.20. The second-order valence-corrected chi connectivity index (χ2v) is 4.79. The Labute approximate surface area is 81.8 Å². The van der Waals surface area contributed by atoms with E-state index in [1.165, 1.54) is 0 Å². The third-order valence-electron chi connectivity index (χ3n) is 1.97. The largest absolute Gasteiger partial charge is 0.480 e. The third-order valence-corrected chi connectivity index (χ3v) is 3.08. The lowest BCUT2D eigenvalue weighted by Crippen LogP contribution is -2.48. The molecule has 1 fully saturated rings. The lowest BCUT2D eigenvalue weighted by molar-refractivity contribution is -0.138. The number of hydrogen-bond acceptors (Lipinski definition) is 4. The molecule has 1 rings (SSSR count). The molecule has 8 heteroatoms. The summed E-state index contributed by atoms with van der Waals surface area (Å²) in [6.07, 6.45) is 1.42. The fraction of sp³-hybridized carbons (Fsp3) is 0.833. The molecule has 82 valence electrons. The van der Waals surface area contributed by atoms with E-state index in [1.54, 1.807) is 0 Å². The molecule has 0 aromatic heterocycles. The molecule has 0 bridgehead atoms. The van der Waals surface area contributed by atoms with Crippen molar-refractivity contribution in [3.05, 3.63) is 0 Å². The highest BCUT2D eigenvalue weighted by atomic mass is 32.2. The molecule has 1 aliphatic rings. The van der Waals surface area contributed by atoms with E-state index in [2.05, 4.69) is 0 Å². The van der Waals surface area contributed by atoms with E-state index in [9.17, 15) is 13.2 Å². The summed E-state index contributed by atoms with van der Waals surface area (Å²) in [7, 11) is -3.84. The summed E-state index contributed by atoms with van der Waals surface area (Å²) in [4.78, 5) is 10.4. The van der Waals surface area contributed by atoms with E-state index >= 15 is 0 Å². The summed E-state index contributed by atoms with van der Waals surface area (Å²) < 4.78 is 23.0. The van der Waals surface area contributed by atoms with Crippen LogP contribution in [0.1, 0.15) is 12.8 Å². The molecule has 0 heterocycles. The van der Waals surface area contributed by atoms with Gasteiger partial charge in [-0.15, -0.1) is 0 Å². The number of aliphatic carboxylic acids is 1. The van der Waals surface area contributed by atoms with Crippen LogP contribution < -0.4 is 10.9 Å². The molecule has 0 radical (unpaired) electrons. The van der Waals surface area contributed by atoms with E-state index in [0.717, 1.165) is 4.31 Å². The second kappa shape index (κ2) is 3.81. The molecule has 1 saturated carbocycles. The zero-order chi connectivity index (χ0) is 10.9. The maximum atomic E-state index is 11.0. The van der Waals surface area contributed by atoms with E-state index in [0.29, 0.717) is 12.8 Å². The number of rotatable bonds is 5. The van der Waals surface area contributed by atoms with Gasteiger partial charge in [-0.3, -0.25) is 4.79 Å². The normalized spacial score (nSPS) is 19.6. The monoisotopic (exact) mass is 223 g/mol. The molecule has 1 atom stereocenters. The number of carboxylic acids is 1. The second-order valence-electron chi connectivity index (χ2n) is 3.29. The standard InChI is InChI=1S/C6H13N3O4S/c7-5(6(10)11)3-9(4-1-2-4)14(8,12)13/h4-5H,1-3,7H2,(H,10,11)(H2,8,12,13)/t5-/m0/s1. The molecule has 0 aromatic carbocycles. The van der Waals surface area contributed by atoms with Crippen molar-refractivity contribution in [1.82, 2.24) is 4.31 Å². The molecule has 14 heavy (non-hydrogen) atoms. The predicted molar refractivity (Wildman–Crippen MR) is 48.4 cm³/mol. The van der Waals surface area contributed by atoms with Crippen LogP contribution in [0.4, 0.5) is 0 Å². The van der Waals surface area contributed by atoms with Gasteiger partial charge in [0.05, 0.1) is 0 Å². The Balaban J connectivity index is 2.66. The van der Waals surface area contributed by atoms with Gasteiger partial charge in [0.15, 0.2) is 0 Å². The molecular weight excluding hydrogens is 210 g/mol. The van der Waals surface area contributed by atoms with Crippen LogP contribution in [0.25, 0.3) is 0 Å². The van der Waals surface area contributed by atoms with Crippen molar-refractivity contribution in [2.24, 2.45) is 10.9 Å². The molecule has 0 aromatic rings. The zero-order valence-corrected chi connectivity index (χ0v) is 8.27. The SMILES string of the molecule is N[C@@H](CN(C1CC1)S(N)(=O)=O)C(=O)O. The van der Waals surface area contributed by atoms with E-state index in [-0.39, 0.29) is 12.6 Å². The van der Waals surface area contributed by atoms with Crippen molar-refractivity contribution >= 4 is 16.2 Å². The van der Waals surface area contributed by atoms with Gasteiger partial charge in [0.1, 0.15) is 6.04 Å². The molecule has 0 amide bonds. The average Bonchev–Trinajstić information content (AvgIpc) is 2.79. The Bertz CT molecular complexity index is 324. The van der Waals surface area contributed by atoms with Crippen LogP contribution in [-0.4, -0.2) is 42.4 Å². The van der Waals surface area contributed by atoms with Gasteiger partial charge in [-0.05, 0) is 12.8 Å². The first kappa shape index (κ1) is 11.4. The Morgan fingerprint density at radius 1 is 1.57 bits per heavy atom. The highest BCUT2D eigenvalue weighted by Gasteiger charge is 2.37. The minimum absolute atomic E-state index is 0.171. The predicted octanol–water partition coefficient (Wildman–Crippen LogP) is -1.93. The fourth-order valence-electron chi connectivity index (χ4n) is 1.10. The molecule has 5 N–H and O–H groups in total. The van der Waals surface area contributed by atoms with Gasteiger partial charge in [0.25, 0.3) is 10.2 Å². The number of carbonyl (C=O) groups is 1. The van der Waals surface area contributed by atoms with Gasteiger partial charge < -0.3 is 10.8 Å². The quantitative estimate of drug-likeness (QED) is 0.500. The minimum Gasteiger partial charge on any atom is -0.480 e. The third kappa shape index (κ3) is 2.91. The number of nitrogens with two attached hydrogens (primary N) is 2. The lowest BCUT2D eigenvalue weighted by atomic mass is 10.3. The maximum Gasteiger partial charge on any atom is 0.321 e. The summed E-state index contributed by atoms with van der Waals surface area (Å²) >= 11 is 0. The van der Waals surface area contributed by atoms with Gasteiger partial charge >= 0.3 is 5.97 Å². The van der Waals surface area contributed by atoms with Crippen molar-refractivity contribution in [1.29, 1.82) is 0 Å². The highest BCUT2D eigenvalue weighted by molar-refractivity contribution is 7.86. The summed E-state index contributed by atoms with van der Waals surface area (Å²) in [5.74, 6) is -1.24. The van der Waals surface area contributed by atoms with Crippen LogP contribution in [0.15, 0.2) is 0 Å². The fourth-order valence-corrected chi connectivity index (χ4v) is 2.09. The Morgan fingerprint density at radius 3 is 2.36 bits per heavy atom. The zero-order valence-electron chi connectivity index (χ0n) is 7.46. The van der Waals surface area contributed by atoms with E-state index in [4.69, 9.17) is 16.0 Å². The first-order valence-corrected chi connectivity index (χ1v) is 5.60. The molecule has 7 nitrogen and oxygen atoms in total. The van der Waals surface area contributed by atoms with Crippen LogP contribution in [0, 0.1) is 0 Å². The number of hydrogen-bond donors (Lipinski definition) is 3. The van der Waals surface area contributed by atoms with Crippen molar-refractivity contribution in [2.75, 3.05) is 6.54 Å². The van der Waals surface area contributed by atoms with Crippen molar-refractivity contribution in [2.45, 2.75) is 24.9 Å². The smallest absolute Gasteiger partial charge is 0.321 e. The van der Waals surface area contributed by atoms with Crippen LogP contribution >= 0.6 is 0 Å².